The van der Waals surface area contributed by atoms with Gasteiger partial charge in [0, 0.05) is 5.39 Å². The number of pyridine rings is 1. The van der Waals surface area contributed by atoms with Crippen molar-refractivity contribution in [3.63, 3.8) is 0 Å². The Kier molecular flexibility index (Phi) is 14.9. The first-order valence-electron chi connectivity index (χ1n) is 17.3. The molecule has 4 aromatic carbocycles. The van der Waals surface area contributed by atoms with E-state index >= 15 is 0 Å². The number of aromatic hydroxyl groups is 1. The number of carbonyl (C=O) groups is 3. The number of ether oxygens (including phenoxy) is 3. The van der Waals surface area contributed by atoms with E-state index in [1.807, 2.05) is 0 Å². The van der Waals surface area contributed by atoms with Crippen LogP contribution in [-0.4, -0.2) is 52.0 Å². The summed E-state index contributed by atoms with van der Waals surface area (Å²) in [6, 6.07) is 25.0. The molecule has 0 atom stereocenters. The van der Waals surface area contributed by atoms with E-state index in [0.29, 0.717) is 27.4 Å². The molecule has 56 heavy (non-hydrogen) atoms. The van der Waals surface area contributed by atoms with Crippen LogP contribution >= 0.6 is 0 Å². The third-order valence-electron chi connectivity index (χ3n) is 7.85. The van der Waals surface area contributed by atoms with Gasteiger partial charge < -0.3 is 28.3 Å². The number of aromatic nitrogens is 2. The Bertz CT molecular complexity index is 2470. The molecule has 0 unspecified atom stereocenters. The van der Waals surface area contributed by atoms with Gasteiger partial charge in [-0.1, -0.05) is 48.5 Å². The lowest BCUT2D eigenvalue weighted by molar-refractivity contribution is -0.153. The minimum absolute atomic E-state index is 0.0858. The van der Waals surface area contributed by atoms with Gasteiger partial charge in [0.25, 0.3) is 5.56 Å². The van der Waals surface area contributed by atoms with Gasteiger partial charge in [0.1, 0.15) is 23.8 Å². The van der Waals surface area contributed by atoms with Gasteiger partial charge in [-0.05, 0) is 80.4 Å². The first kappa shape index (κ1) is 41.9. The van der Waals surface area contributed by atoms with E-state index in [-0.39, 0.29) is 51.0 Å². The van der Waals surface area contributed by atoms with Gasteiger partial charge >= 0.3 is 29.3 Å². The highest BCUT2D eigenvalue weighted by Crippen LogP contribution is 2.27. The van der Waals surface area contributed by atoms with Crippen LogP contribution in [0.5, 0.6) is 5.75 Å². The molecule has 1 N–H and O–H groups in total. The Hall–Kier alpha value is -6.90. The molecule has 2 heterocycles. The number of rotatable bonds is 10. The molecule has 6 rings (SSSR count). The van der Waals surface area contributed by atoms with Gasteiger partial charge in [-0.3, -0.25) is 19.0 Å². The van der Waals surface area contributed by atoms with E-state index in [0.717, 1.165) is 5.56 Å². The summed E-state index contributed by atoms with van der Waals surface area (Å²) in [7, 11) is 0. The van der Waals surface area contributed by atoms with Crippen LogP contribution in [0.4, 0.5) is 8.78 Å². The van der Waals surface area contributed by atoms with Crippen molar-refractivity contribution >= 4 is 39.7 Å². The number of nitrogens with zero attached hydrogens (tertiary/aromatic N) is 2. The number of para-hydroxylation sites is 2. The number of carbonyl (C=O) groups excluding carboxylic acids is 3. The number of esters is 3. The van der Waals surface area contributed by atoms with Crippen molar-refractivity contribution in [2.75, 3.05) is 19.8 Å². The lowest BCUT2D eigenvalue weighted by Crippen LogP contribution is -2.28. The summed E-state index contributed by atoms with van der Waals surface area (Å²) in [5.41, 5.74) is 0.699. The molecule has 0 spiro atoms. The Morgan fingerprint density at radius 1 is 0.625 bits per heavy atom. The molecule has 0 fully saturated rings. The lowest BCUT2D eigenvalue weighted by Gasteiger charge is -2.14. The Labute approximate surface area is 317 Å². The standard InChI is InChI=1S/C19H16FNO4.C15H10FNO3.C7H12O4/c1-2-25-19(24)16-17(22)14-5-3-4-6-15(14)21(18(16)23)11-12-7-9-13(20)10-8-12;16-11-7-5-10(6-8-11)9-17-13-4-2-1-3-12(13)14(18)20-15(17)19;1-3-10-6(8)5-7(9)11-4-2/h3-10,22H,2,11H2,1H3;1-8H,9H2;3-5H2,1-2H3. The molecule has 0 aliphatic heterocycles. The highest BCUT2D eigenvalue weighted by molar-refractivity contribution is 5.99. The number of benzene rings is 4. The third-order valence-corrected chi connectivity index (χ3v) is 7.85. The predicted octanol–water partition coefficient (Wildman–Crippen LogP) is 5.72. The van der Waals surface area contributed by atoms with Crippen molar-refractivity contribution in [3.05, 3.63) is 157 Å². The monoisotopic (exact) mass is 772 g/mol. The van der Waals surface area contributed by atoms with E-state index in [2.05, 4.69) is 9.47 Å². The summed E-state index contributed by atoms with van der Waals surface area (Å²) in [6.07, 6.45) is -0.290. The Morgan fingerprint density at radius 3 is 1.57 bits per heavy atom. The smallest absolute Gasteiger partial charge is 0.422 e. The minimum Gasteiger partial charge on any atom is -0.506 e. The molecule has 15 heteroatoms. The van der Waals surface area contributed by atoms with E-state index < -0.39 is 46.2 Å². The molecule has 2 aromatic heterocycles. The quantitative estimate of drug-likeness (QED) is 0.103. The maximum absolute atomic E-state index is 13.1. The Morgan fingerprint density at radius 2 is 1.07 bits per heavy atom. The molecule has 0 aliphatic carbocycles. The lowest BCUT2D eigenvalue weighted by atomic mass is 10.1. The van der Waals surface area contributed by atoms with Crippen molar-refractivity contribution in [2.24, 2.45) is 0 Å². The number of hydrogen-bond donors (Lipinski definition) is 1. The fraction of sp³-hybridized carbons (Fsp3) is 0.220. The Balaban J connectivity index is 0.000000201. The summed E-state index contributed by atoms with van der Waals surface area (Å²) in [6.45, 7) is 5.99. The van der Waals surface area contributed by atoms with Crippen LogP contribution in [0.2, 0.25) is 0 Å². The first-order valence-corrected chi connectivity index (χ1v) is 17.3. The number of fused-ring (bicyclic) bond motifs is 2. The molecule has 6 aromatic rings. The second-order valence-electron chi connectivity index (χ2n) is 11.7. The first-order chi connectivity index (χ1) is 26.9. The highest BCUT2D eigenvalue weighted by Gasteiger charge is 2.23. The third kappa shape index (κ3) is 10.8. The molecule has 0 radical (unpaired) electrons. The summed E-state index contributed by atoms with van der Waals surface area (Å²) < 4.78 is 47.3. The number of halogens is 2. The molecule has 0 amide bonds. The van der Waals surface area contributed by atoms with Crippen molar-refractivity contribution in [3.8, 4) is 5.75 Å². The average molecular weight is 773 g/mol. The SMILES string of the molecule is CCOC(=O)CC(=O)OCC.CCOC(=O)c1c(O)c2ccccc2n(Cc2ccc(F)cc2)c1=O.O=c1oc(=O)n(Cc2ccc(F)cc2)c2ccccc12. The molecule has 0 saturated heterocycles. The minimum atomic E-state index is -0.872. The van der Waals surface area contributed by atoms with Gasteiger partial charge in [-0.25, -0.2) is 23.2 Å². The van der Waals surface area contributed by atoms with Crippen molar-refractivity contribution in [2.45, 2.75) is 40.3 Å². The number of hydrogen-bond acceptors (Lipinski definition) is 11. The maximum atomic E-state index is 13.1. The highest BCUT2D eigenvalue weighted by atomic mass is 19.1. The van der Waals surface area contributed by atoms with E-state index in [1.165, 1.54) is 33.4 Å². The van der Waals surface area contributed by atoms with Crippen molar-refractivity contribution in [1.29, 1.82) is 0 Å². The van der Waals surface area contributed by atoms with Crippen molar-refractivity contribution in [1.82, 2.24) is 9.13 Å². The zero-order valence-corrected chi connectivity index (χ0v) is 30.7. The second kappa shape index (κ2) is 20.0. The normalized spacial score (nSPS) is 10.4. The zero-order valence-electron chi connectivity index (χ0n) is 30.7. The largest absolute Gasteiger partial charge is 0.506 e. The van der Waals surface area contributed by atoms with Crippen LogP contribution in [0, 0.1) is 11.6 Å². The molecule has 292 valence electrons. The van der Waals surface area contributed by atoms with Crippen LogP contribution < -0.4 is 16.9 Å². The van der Waals surface area contributed by atoms with Gasteiger partial charge in [0.05, 0.1) is 49.3 Å². The second-order valence-corrected chi connectivity index (χ2v) is 11.7. The fourth-order valence-corrected chi connectivity index (χ4v) is 5.34. The average Bonchev–Trinajstić information content (AvgIpc) is 3.17. The van der Waals surface area contributed by atoms with Gasteiger partial charge in [0.15, 0.2) is 5.56 Å². The molecular weight excluding hydrogens is 734 g/mol. The van der Waals surface area contributed by atoms with Crippen LogP contribution in [0.25, 0.3) is 21.8 Å². The summed E-state index contributed by atoms with van der Waals surface area (Å²) in [4.78, 5) is 69.6. The van der Waals surface area contributed by atoms with Gasteiger partial charge in [-0.2, -0.15) is 0 Å². The molecule has 0 saturated carbocycles. The topological polar surface area (TPSA) is 173 Å². The van der Waals surface area contributed by atoms with Crippen LogP contribution in [0.15, 0.2) is 116 Å². The maximum Gasteiger partial charge on any atom is 0.422 e. The van der Waals surface area contributed by atoms with Gasteiger partial charge in [0.2, 0.25) is 0 Å². The van der Waals surface area contributed by atoms with Crippen LogP contribution in [-0.2, 0) is 36.9 Å². The summed E-state index contributed by atoms with van der Waals surface area (Å²) >= 11 is 0. The molecule has 0 bridgehead atoms. The zero-order chi connectivity index (χ0) is 40.8. The van der Waals surface area contributed by atoms with E-state index in [9.17, 15) is 42.7 Å². The van der Waals surface area contributed by atoms with Crippen LogP contribution in [0.3, 0.4) is 0 Å². The van der Waals surface area contributed by atoms with Gasteiger partial charge in [-0.15, -0.1) is 0 Å². The van der Waals surface area contributed by atoms with E-state index in [1.54, 1.807) is 93.6 Å². The van der Waals surface area contributed by atoms with Crippen LogP contribution in [0.1, 0.15) is 48.7 Å². The summed E-state index contributed by atoms with van der Waals surface area (Å²) in [5.74, 6) is -3.78. The molecule has 13 nitrogen and oxygen atoms in total. The predicted molar refractivity (Wildman–Crippen MR) is 201 cm³/mol. The van der Waals surface area contributed by atoms with E-state index in [4.69, 9.17) is 9.15 Å². The summed E-state index contributed by atoms with van der Waals surface area (Å²) in [5, 5.41) is 11.1. The molecule has 0 aliphatic rings. The van der Waals surface area contributed by atoms with Crippen molar-refractivity contribution < 1.29 is 46.9 Å². The fourth-order valence-electron chi connectivity index (χ4n) is 5.34. The molecular formula is C41H38F2N2O11.